The van der Waals surface area contributed by atoms with Crippen molar-refractivity contribution in [2.45, 2.75) is 63.6 Å². The zero-order chi connectivity index (χ0) is 19.4. The number of nitrogens with zero attached hydrogens (tertiary/aromatic N) is 1. The van der Waals surface area contributed by atoms with E-state index in [0.29, 0.717) is 23.2 Å². The molecule has 1 heterocycles. The Hall–Kier alpha value is -1.83. The van der Waals surface area contributed by atoms with E-state index < -0.39 is 11.9 Å². The molecule has 3 N–H and O–H groups in total. The lowest BCUT2D eigenvalue weighted by atomic mass is 9.84. The van der Waals surface area contributed by atoms with Crippen LogP contribution < -0.4 is 16.2 Å². The SMILES string of the molecule is CCCc1cc(=O)[nH]c(SCC(=O)NC(=O)N[C@H](C)[C@@H]2C[C@H]3CC[C@H]2C3)n1. The number of thioether (sulfide) groups is 1. The first-order chi connectivity index (χ1) is 12.9. The molecule has 1 aromatic rings. The monoisotopic (exact) mass is 392 g/mol. The summed E-state index contributed by atoms with van der Waals surface area (Å²) < 4.78 is 0. The maximum Gasteiger partial charge on any atom is 0.321 e. The number of carbonyl (C=O) groups excluding carboxylic acids is 2. The van der Waals surface area contributed by atoms with Crippen molar-refractivity contribution in [3.05, 3.63) is 22.1 Å². The fraction of sp³-hybridized carbons (Fsp3) is 0.684. The molecule has 0 aliphatic heterocycles. The number of hydrogen-bond acceptors (Lipinski definition) is 5. The van der Waals surface area contributed by atoms with Gasteiger partial charge in [0, 0.05) is 17.8 Å². The number of rotatable bonds is 7. The number of hydrogen-bond donors (Lipinski definition) is 3. The molecule has 0 unspecified atom stereocenters. The first-order valence-electron chi connectivity index (χ1n) is 9.78. The van der Waals surface area contributed by atoms with E-state index in [1.165, 1.54) is 31.7 Å². The molecule has 1 aromatic heterocycles. The van der Waals surface area contributed by atoms with Gasteiger partial charge in [-0.2, -0.15) is 0 Å². The van der Waals surface area contributed by atoms with Gasteiger partial charge in [-0.1, -0.05) is 31.5 Å². The Balaban J connectivity index is 1.43. The molecular formula is C19H28N4O3S. The molecule has 0 aromatic carbocycles. The Morgan fingerprint density at radius 3 is 2.85 bits per heavy atom. The van der Waals surface area contributed by atoms with Gasteiger partial charge < -0.3 is 10.3 Å². The van der Waals surface area contributed by atoms with Crippen LogP contribution in [0.2, 0.25) is 0 Å². The van der Waals surface area contributed by atoms with E-state index in [1.807, 2.05) is 13.8 Å². The van der Waals surface area contributed by atoms with Gasteiger partial charge >= 0.3 is 6.03 Å². The van der Waals surface area contributed by atoms with E-state index in [9.17, 15) is 14.4 Å². The van der Waals surface area contributed by atoms with Crippen LogP contribution >= 0.6 is 11.8 Å². The summed E-state index contributed by atoms with van der Waals surface area (Å²) in [6.07, 6.45) is 6.67. The molecule has 2 aliphatic carbocycles. The minimum absolute atomic E-state index is 0.0223. The van der Waals surface area contributed by atoms with Crippen molar-refractivity contribution in [3.8, 4) is 0 Å². The van der Waals surface area contributed by atoms with E-state index in [1.54, 1.807) is 0 Å². The van der Waals surface area contributed by atoms with Gasteiger partial charge in [-0.25, -0.2) is 9.78 Å². The molecule has 7 nitrogen and oxygen atoms in total. The van der Waals surface area contributed by atoms with Crippen LogP contribution in [0.4, 0.5) is 4.79 Å². The predicted molar refractivity (Wildman–Crippen MR) is 105 cm³/mol. The summed E-state index contributed by atoms with van der Waals surface area (Å²) in [5, 5.41) is 5.69. The molecule has 0 spiro atoms. The van der Waals surface area contributed by atoms with Crippen LogP contribution in [0.25, 0.3) is 0 Å². The number of aromatic nitrogens is 2. The van der Waals surface area contributed by atoms with Gasteiger partial charge in [0.05, 0.1) is 5.75 Å². The third-order valence-corrected chi connectivity index (χ3v) is 6.54. The molecule has 0 saturated heterocycles. The van der Waals surface area contributed by atoms with Crippen LogP contribution in [0, 0.1) is 17.8 Å². The molecule has 2 fully saturated rings. The highest BCUT2D eigenvalue weighted by atomic mass is 32.2. The molecule has 2 saturated carbocycles. The normalized spacial score (nSPS) is 24.6. The summed E-state index contributed by atoms with van der Waals surface area (Å²) in [5.41, 5.74) is 0.482. The third-order valence-electron chi connectivity index (χ3n) is 5.67. The lowest BCUT2D eigenvalue weighted by Gasteiger charge is -2.28. The molecule has 3 amide bonds. The molecule has 2 aliphatic rings. The maximum absolute atomic E-state index is 12.1. The van der Waals surface area contributed by atoms with E-state index in [2.05, 4.69) is 20.6 Å². The molecule has 0 radical (unpaired) electrons. The Bertz CT molecular complexity index is 751. The molecule has 148 valence electrons. The van der Waals surface area contributed by atoms with Gasteiger partial charge in [-0.15, -0.1) is 0 Å². The fourth-order valence-electron chi connectivity index (χ4n) is 4.49. The van der Waals surface area contributed by atoms with Crippen LogP contribution in [0.3, 0.4) is 0 Å². The smallest absolute Gasteiger partial charge is 0.321 e. The second kappa shape index (κ2) is 8.91. The van der Waals surface area contributed by atoms with Crippen molar-refractivity contribution in [2.24, 2.45) is 17.8 Å². The minimum atomic E-state index is -0.447. The van der Waals surface area contributed by atoms with Crippen molar-refractivity contribution >= 4 is 23.7 Å². The first-order valence-corrected chi connectivity index (χ1v) is 10.8. The lowest BCUT2D eigenvalue weighted by Crippen LogP contribution is -2.47. The number of fused-ring (bicyclic) bond motifs is 2. The van der Waals surface area contributed by atoms with Crippen LogP contribution in [-0.4, -0.2) is 33.7 Å². The summed E-state index contributed by atoms with van der Waals surface area (Å²) in [4.78, 5) is 42.7. The standard InChI is InChI=1S/C19H28N4O3S/c1-3-4-14-9-16(24)23-19(21-14)27-10-17(25)22-18(26)20-11(2)15-8-12-5-6-13(15)7-12/h9,11-13,15H,3-8,10H2,1-2H3,(H,21,23,24)(H2,20,22,25,26)/t11-,12+,13+,15+/m1/s1. The van der Waals surface area contributed by atoms with Crippen molar-refractivity contribution < 1.29 is 9.59 Å². The molecular weight excluding hydrogens is 364 g/mol. The first kappa shape index (κ1) is 19.9. The zero-order valence-electron chi connectivity index (χ0n) is 15.9. The van der Waals surface area contributed by atoms with Gasteiger partial charge in [0.25, 0.3) is 5.56 Å². The van der Waals surface area contributed by atoms with E-state index >= 15 is 0 Å². The quantitative estimate of drug-likeness (QED) is 0.488. The number of urea groups is 1. The van der Waals surface area contributed by atoms with Crippen molar-refractivity contribution in [2.75, 3.05) is 5.75 Å². The molecule has 8 heteroatoms. The van der Waals surface area contributed by atoms with Gasteiger partial charge in [-0.05, 0) is 50.4 Å². The number of H-pyrrole nitrogens is 1. The van der Waals surface area contributed by atoms with E-state index in [4.69, 9.17) is 0 Å². The number of carbonyl (C=O) groups is 2. The van der Waals surface area contributed by atoms with E-state index in [-0.39, 0.29) is 17.4 Å². The lowest BCUT2D eigenvalue weighted by molar-refractivity contribution is -0.117. The Morgan fingerprint density at radius 1 is 1.37 bits per heavy atom. The second-order valence-corrected chi connectivity index (χ2v) is 8.69. The Morgan fingerprint density at radius 2 is 2.19 bits per heavy atom. The average molecular weight is 393 g/mol. The highest BCUT2D eigenvalue weighted by Crippen LogP contribution is 2.49. The molecule has 3 rings (SSSR count). The summed E-state index contributed by atoms with van der Waals surface area (Å²) >= 11 is 1.12. The highest BCUT2D eigenvalue weighted by Gasteiger charge is 2.42. The largest absolute Gasteiger partial charge is 0.335 e. The fourth-order valence-corrected chi connectivity index (χ4v) is 5.18. The minimum Gasteiger partial charge on any atom is -0.335 e. The maximum atomic E-state index is 12.1. The van der Waals surface area contributed by atoms with Crippen molar-refractivity contribution in [1.29, 1.82) is 0 Å². The summed E-state index contributed by atoms with van der Waals surface area (Å²) in [7, 11) is 0. The van der Waals surface area contributed by atoms with Gasteiger partial charge in [0.2, 0.25) is 5.91 Å². The predicted octanol–water partition coefficient (Wildman–Crippen LogP) is 2.46. The van der Waals surface area contributed by atoms with Gasteiger partial charge in [-0.3, -0.25) is 14.9 Å². The molecule has 4 atom stereocenters. The van der Waals surface area contributed by atoms with Gasteiger partial charge in [0.1, 0.15) is 0 Å². The zero-order valence-corrected chi connectivity index (χ0v) is 16.7. The number of nitrogens with one attached hydrogen (secondary N) is 3. The Kier molecular flexibility index (Phi) is 6.57. The number of aryl methyl sites for hydroxylation is 1. The molecule has 27 heavy (non-hydrogen) atoms. The van der Waals surface area contributed by atoms with Crippen LogP contribution in [0.15, 0.2) is 16.0 Å². The van der Waals surface area contributed by atoms with Crippen LogP contribution in [0.5, 0.6) is 0 Å². The highest BCUT2D eigenvalue weighted by molar-refractivity contribution is 7.99. The van der Waals surface area contributed by atoms with Crippen LogP contribution in [0.1, 0.15) is 51.6 Å². The average Bonchev–Trinajstić information content (AvgIpc) is 3.23. The summed E-state index contributed by atoms with van der Waals surface area (Å²) in [6.45, 7) is 4.04. The third kappa shape index (κ3) is 5.34. The topological polar surface area (TPSA) is 104 Å². The summed E-state index contributed by atoms with van der Waals surface area (Å²) in [5.74, 6) is 1.68. The van der Waals surface area contributed by atoms with Crippen molar-refractivity contribution in [3.63, 3.8) is 0 Å². The Labute approximate surface area is 163 Å². The second-order valence-electron chi connectivity index (χ2n) is 7.73. The molecule has 2 bridgehead atoms. The van der Waals surface area contributed by atoms with Gasteiger partial charge in [0.15, 0.2) is 5.16 Å². The van der Waals surface area contributed by atoms with Crippen molar-refractivity contribution in [1.82, 2.24) is 20.6 Å². The number of imide groups is 1. The number of amides is 3. The van der Waals surface area contributed by atoms with Crippen LogP contribution in [-0.2, 0) is 11.2 Å². The number of aromatic amines is 1. The van der Waals surface area contributed by atoms with E-state index in [0.717, 1.165) is 30.0 Å². The summed E-state index contributed by atoms with van der Waals surface area (Å²) in [6, 6.07) is 1.10.